The third-order valence-corrected chi connectivity index (χ3v) is 3.51. The third kappa shape index (κ3) is 2.10. The number of nitrogens with zero attached hydrogens (tertiary/aromatic N) is 3. The molecule has 22 heavy (non-hydrogen) atoms. The van der Waals surface area contributed by atoms with Crippen LogP contribution in [-0.2, 0) is 6.18 Å². The highest BCUT2D eigenvalue weighted by molar-refractivity contribution is 6.36. The standard InChI is InChI=1S/C13H9ClF3N3O2/c1-21-9-3-6-7(4-10(9)22-2)11-18-19-12(13(15,16)17)20(11)5-8(6)14/h3-5H,1-2H3. The van der Waals surface area contributed by atoms with Gasteiger partial charge in [-0.3, -0.25) is 4.40 Å². The highest BCUT2D eigenvalue weighted by Gasteiger charge is 2.37. The Morgan fingerprint density at radius 2 is 1.64 bits per heavy atom. The summed E-state index contributed by atoms with van der Waals surface area (Å²) < 4.78 is 49.9. The van der Waals surface area contributed by atoms with Crippen molar-refractivity contribution in [2.45, 2.75) is 6.18 Å². The topological polar surface area (TPSA) is 48.7 Å². The lowest BCUT2D eigenvalue weighted by molar-refractivity contribution is -0.145. The molecular formula is C13H9ClF3N3O2. The number of rotatable bonds is 2. The first-order valence-electron chi connectivity index (χ1n) is 6.03. The van der Waals surface area contributed by atoms with Crippen molar-refractivity contribution < 1.29 is 22.6 Å². The second kappa shape index (κ2) is 4.91. The van der Waals surface area contributed by atoms with Crippen molar-refractivity contribution in [1.82, 2.24) is 14.6 Å². The van der Waals surface area contributed by atoms with Crippen LogP contribution >= 0.6 is 11.6 Å². The molecule has 5 nitrogen and oxygen atoms in total. The van der Waals surface area contributed by atoms with Gasteiger partial charge in [-0.15, -0.1) is 10.2 Å². The highest BCUT2D eigenvalue weighted by Crippen LogP contribution is 2.38. The van der Waals surface area contributed by atoms with Crippen molar-refractivity contribution in [2.75, 3.05) is 14.2 Å². The van der Waals surface area contributed by atoms with E-state index in [2.05, 4.69) is 10.2 Å². The lowest BCUT2D eigenvalue weighted by atomic mass is 10.1. The molecular weight excluding hydrogens is 323 g/mol. The van der Waals surface area contributed by atoms with Gasteiger partial charge in [0.2, 0.25) is 5.82 Å². The maximum Gasteiger partial charge on any atom is 0.452 e. The summed E-state index contributed by atoms with van der Waals surface area (Å²) in [7, 11) is 2.88. The summed E-state index contributed by atoms with van der Waals surface area (Å²) in [4.78, 5) is 0. The van der Waals surface area contributed by atoms with Gasteiger partial charge in [0.1, 0.15) is 0 Å². The molecule has 3 aromatic rings. The van der Waals surface area contributed by atoms with E-state index in [9.17, 15) is 13.2 Å². The first kappa shape index (κ1) is 14.7. The van der Waals surface area contributed by atoms with E-state index in [4.69, 9.17) is 21.1 Å². The number of hydrogen-bond acceptors (Lipinski definition) is 4. The van der Waals surface area contributed by atoms with Gasteiger partial charge in [-0.05, 0) is 12.1 Å². The minimum absolute atomic E-state index is 0.0349. The van der Waals surface area contributed by atoms with Gasteiger partial charge < -0.3 is 9.47 Å². The minimum Gasteiger partial charge on any atom is -0.493 e. The Morgan fingerprint density at radius 1 is 1.05 bits per heavy atom. The number of ether oxygens (including phenoxy) is 2. The Kier molecular flexibility index (Phi) is 3.28. The molecule has 2 aromatic heterocycles. The zero-order valence-corrected chi connectivity index (χ0v) is 12.2. The molecule has 2 heterocycles. The average Bonchev–Trinajstić information content (AvgIpc) is 2.89. The maximum absolute atomic E-state index is 12.9. The van der Waals surface area contributed by atoms with E-state index in [1.807, 2.05) is 0 Å². The number of aromatic nitrogens is 3. The minimum atomic E-state index is -4.63. The van der Waals surface area contributed by atoms with Gasteiger partial charge in [0.25, 0.3) is 0 Å². The van der Waals surface area contributed by atoms with E-state index in [1.165, 1.54) is 20.3 Å². The van der Waals surface area contributed by atoms with Crippen molar-refractivity contribution in [1.29, 1.82) is 0 Å². The van der Waals surface area contributed by atoms with E-state index in [1.54, 1.807) is 6.07 Å². The van der Waals surface area contributed by atoms with Crippen LogP contribution in [0.15, 0.2) is 18.3 Å². The number of hydrogen-bond donors (Lipinski definition) is 0. The molecule has 0 saturated carbocycles. The van der Waals surface area contributed by atoms with E-state index in [0.29, 0.717) is 22.3 Å². The molecule has 0 aliphatic carbocycles. The molecule has 0 aliphatic heterocycles. The third-order valence-electron chi connectivity index (χ3n) is 3.21. The molecule has 0 bridgehead atoms. The molecule has 9 heteroatoms. The van der Waals surface area contributed by atoms with Crippen LogP contribution in [0.4, 0.5) is 13.2 Å². The first-order valence-corrected chi connectivity index (χ1v) is 6.40. The maximum atomic E-state index is 12.9. The van der Waals surface area contributed by atoms with Crippen LogP contribution in [0.25, 0.3) is 16.4 Å². The predicted octanol–water partition coefficient (Wildman–Crippen LogP) is 3.57. The summed E-state index contributed by atoms with van der Waals surface area (Å²) in [5.74, 6) is -0.367. The lowest BCUT2D eigenvalue weighted by Gasteiger charge is -2.11. The van der Waals surface area contributed by atoms with Crippen molar-refractivity contribution in [3.05, 3.63) is 29.2 Å². The van der Waals surface area contributed by atoms with Crippen molar-refractivity contribution in [3.8, 4) is 11.5 Å². The smallest absolute Gasteiger partial charge is 0.452 e. The van der Waals surface area contributed by atoms with Crippen LogP contribution in [0.1, 0.15) is 5.82 Å². The quantitative estimate of drug-likeness (QED) is 0.720. The van der Waals surface area contributed by atoms with Gasteiger partial charge in [0.05, 0.1) is 19.2 Å². The van der Waals surface area contributed by atoms with Crippen LogP contribution in [0.3, 0.4) is 0 Å². The zero-order chi connectivity index (χ0) is 16.1. The van der Waals surface area contributed by atoms with Gasteiger partial charge in [-0.1, -0.05) is 11.6 Å². The molecule has 0 amide bonds. The first-order chi connectivity index (χ1) is 10.4. The van der Waals surface area contributed by atoms with Crippen molar-refractivity contribution in [2.24, 2.45) is 0 Å². The number of pyridine rings is 1. The summed E-state index contributed by atoms with van der Waals surface area (Å²) in [5, 5.41) is 7.83. The average molecular weight is 332 g/mol. The Bertz CT molecular complexity index is 876. The molecule has 0 aliphatic rings. The molecule has 0 radical (unpaired) electrons. The van der Waals surface area contributed by atoms with Gasteiger partial charge in [0.15, 0.2) is 17.1 Å². The van der Waals surface area contributed by atoms with Crippen LogP contribution in [0.5, 0.6) is 11.5 Å². The number of fused-ring (bicyclic) bond motifs is 3. The molecule has 0 unspecified atom stereocenters. The Balaban J connectivity index is 2.43. The lowest BCUT2D eigenvalue weighted by Crippen LogP contribution is -2.10. The van der Waals surface area contributed by atoms with Gasteiger partial charge in [-0.2, -0.15) is 13.2 Å². The van der Waals surface area contributed by atoms with Crippen LogP contribution in [0.2, 0.25) is 5.02 Å². The summed E-state index contributed by atoms with van der Waals surface area (Å²) in [6, 6.07) is 3.10. The van der Waals surface area contributed by atoms with E-state index in [0.717, 1.165) is 10.6 Å². The molecule has 116 valence electrons. The van der Waals surface area contributed by atoms with Gasteiger partial charge in [-0.25, -0.2) is 0 Å². The van der Waals surface area contributed by atoms with Crippen molar-refractivity contribution in [3.63, 3.8) is 0 Å². The van der Waals surface area contributed by atoms with Crippen LogP contribution in [0, 0.1) is 0 Å². The summed E-state index contributed by atoms with van der Waals surface area (Å²) in [5.41, 5.74) is 0.0349. The summed E-state index contributed by atoms with van der Waals surface area (Å²) in [6.07, 6.45) is -3.50. The van der Waals surface area contributed by atoms with E-state index < -0.39 is 12.0 Å². The molecule has 0 saturated heterocycles. The summed E-state index contributed by atoms with van der Waals surface area (Å²) >= 11 is 6.10. The highest BCUT2D eigenvalue weighted by atomic mass is 35.5. The van der Waals surface area contributed by atoms with Crippen LogP contribution < -0.4 is 9.47 Å². The van der Waals surface area contributed by atoms with E-state index >= 15 is 0 Å². The zero-order valence-electron chi connectivity index (χ0n) is 11.4. The van der Waals surface area contributed by atoms with Crippen LogP contribution in [-0.4, -0.2) is 28.8 Å². The molecule has 0 atom stereocenters. The van der Waals surface area contributed by atoms with Crippen molar-refractivity contribution >= 4 is 28.0 Å². The van der Waals surface area contributed by atoms with Gasteiger partial charge in [0, 0.05) is 17.0 Å². The molecule has 0 spiro atoms. The monoisotopic (exact) mass is 331 g/mol. The molecule has 3 rings (SSSR count). The Labute approximate surface area is 127 Å². The van der Waals surface area contributed by atoms with E-state index in [-0.39, 0.29) is 10.7 Å². The fraction of sp³-hybridized carbons (Fsp3) is 0.231. The normalized spacial score (nSPS) is 12.1. The Hall–Kier alpha value is -2.22. The predicted molar refractivity (Wildman–Crippen MR) is 73.6 cm³/mol. The SMILES string of the molecule is COc1cc2c(Cl)cn3c(C(F)(F)F)nnc3c2cc1OC. The molecule has 1 aromatic carbocycles. The fourth-order valence-electron chi connectivity index (χ4n) is 2.24. The molecule has 0 N–H and O–H groups in total. The second-order valence-corrected chi connectivity index (χ2v) is 4.85. The number of benzene rings is 1. The largest absolute Gasteiger partial charge is 0.493 e. The Morgan fingerprint density at radius 3 is 2.18 bits per heavy atom. The summed E-state index contributed by atoms with van der Waals surface area (Å²) in [6.45, 7) is 0. The number of halogens is 4. The molecule has 0 fully saturated rings. The number of methoxy groups -OCH3 is 2. The van der Waals surface area contributed by atoms with Gasteiger partial charge >= 0.3 is 6.18 Å². The fourth-order valence-corrected chi connectivity index (χ4v) is 2.49. The second-order valence-electron chi connectivity index (χ2n) is 4.44. The number of alkyl halides is 3.